The van der Waals surface area contributed by atoms with E-state index in [0.717, 1.165) is 0 Å². The van der Waals surface area contributed by atoms with Gasteiger partial charge in [-0.3, -0.25) is 0 Å². The summed E-state index contributed by atoms with van der Waals surface area (Å²) in [5, 5.41) is 0. The van der Waals surface area contributed by atoms with Gasteiger partial charge in [-0.15, -0.1) is 6.58 Å². The van der Waals surface area contributed by atoms with Crippen LogP contribution in [0.4, 0.5) is 0 Å². The molecule has 1 saturated heterocycles. The predicted octanol–water partition coefficient (Wildman–Crippen LogP) is 1.49. The maximum Gasteiger partial charge on any atom is 0.177 e. The van der Waals surface area contributed by atoms with Gasteiger partial charge in [-0.1, -0.05) is 12.2 Å². The third-order valence-corrected chi connectivity index (χ3v) is 1.35. The lowest BCUT2D eigenvalue weighted by Crippen LogP contribution is -2.06. The Labute approximate surface area is 61.1 Å². The van der Waals surface area contributed by atoms with Crippen LogP contribution in [0.25, 0.3) is 0 Å². The van der Waals surface area contributed by atoms with Crippen LogP contribution in [0.5, 0.6) is 0 Å². The van der Waals surface area contributed by atoms with E-state index in [2.05, 4.69) is 6.58 Å². The minimum Gasteiger partial charge on any atom is -0.346 e. The molecule has 0 N–H and O–H groups in total. The van der Waals surface area contributed by atoms with E-state index in [1.54, 1.807) is 6.08 Å². The van der Waals surface area contributed by atoms with Gasteiger partial charge in [0.2, 0.25) is 0 Å². The number of hydrogen-bond acceptors (Lipinski definition) is 2. The second kappa shape index (κ2) is 3.54. The van der Waals surface area contributed by atoms with Crippen LogP contribution in [0.2, 0.25) is 0 Å². The zero-order chi connectivity index (χ0) is 7.40. The number of ether oxygens (including phenoxy) is 2. The molecule has 1 fully saturated rings. The smallest absolute Gasteiger partial charge is 0.177 e. The van der Waals surface area contributed by atoms with Crippen molar-refractivity contribution in [1.82, 2.24) is 0 Å². The molecule has 0 spiro atoms. The molecule has 0 saturated carbocycles. The first kappa shape index (κ1) is 7.51. The summed E-state index contributed by atoms with van der Waals surface area (Å²) in [6.45, 7) is 6.17. The van der Waals surface area contributed by atoms with Gasteiger partial charge < -0.3 is 9.47 Å². The molecule has 2 atom stereocenters. The van der Waals surface area contributed by atoms with Gasteiger partial charge in [0.1, 0.15) is 6.10 Å². The summed E-state index contributed by atoms with van der Waals surface area (Å²) in [4.78, 5) is 0. The molecule has 1 rings (SSSR count). The Bertz CT molecular complexity index is 140. The Balaban J connectivity index is 2.35. The Morgan fingerprint density at radius 1 is 1.60 bits per heavy atom. The zero-order valence-corrected chi connectivity index (χ0v) is 6.12. The zero-order valence-electron chi connectivity index (χ0n) is 6.12. The molecule has 0 aromatic rings. The van der Waals surface area contributed by atoms with Crippen molar-refractivity contribution in [3.8, 4) is 0 Å². The van der Waals surface area contributed by atoms with Crippen molar-refractivity contribution < 1.29 is 9.47 Å². The highest BCUT2D eigenvalue weighted by Gasteiger charge is 2.20. The standard InChI is InChI=1S/C8H12O2/c1-3-5-8-9-6-7(4-2)10-8/h3-5,7-8H,2,6H2,1H3/b5-3+. The largest absolute Gasteiger partial charge is 0.346 e. The van der Waals surface area contributed by atoms with E-state index in [-0.39, 0.29) is 12.4 Å². The normalized spacial score (nSPS) is 33.3. The van der Waals surface area contributed by atoms with Crippen molar-refractivity contribution >= 4 is 0 Å². The van der Waals surface area contributed by atoms with Gasteiger partial charge in [-0.2, -0.15) is 0 Å². The molecule has 0 radical (unpaired) electrons. The Morgan fingerprint density at radius 3 is 2.90 bits per heavy atom. The van der Waals surface area contributed by atoms with Gasteiger partial charge in [0.15, 0.2) is 6.29 Å². The lowest BCUT2D eigenvalue weighted by molar-refractivity contribution is -0.0117. The van der Waals surface area contributed by atoms with Crippen molar-refractivity contribution in [1.29, 1.82) is 0 Å². The summed E-state index contributed by atoms with van der Waals surface area (Å²) in [7, 11) is 0. The van der Waals surface area contributed by atoms with Gasteiger partial charge in [0.05, 0.1) is 6.61 Å². The van der Waals surface area contributed by atoms with Crippen molar-refractivity contribution in [2.45, 2.75) is 19.3 Å². The summed E-state index contributed by atoms with van der Waals surface area (Å²) in [6, 6.07) is 0. The maximum absolute atomic E-state index is 5.32. The van der Waals surface area contributed by atoms with Crippen LogP contribution in [-0.4, -0.2) is 19.0 Å². The van der Waals surface area contributed by atoms with Crippen molar-refractivity contribution in [2.24, 2.45) is 0 Å². The van der Waals surface area contributed by atoms with E-state index in [4.69, 9.17) is 9.47 Å². The fraction of sp³-hybridized carbons (Fsp3) is 0.500. The highest BCUT2D eigenvalue weighted by atomic mass is 16.7. The van der Waals surface area contributed by atoms with Crippen LogP contribution >= 0.6 is 0 Å². The first-order valence-electron chi connectivity index (χ1n) is 3.39. The molecule has 1 aliphatic heterocycles. The molecule has 56 valence electrons. The average molecular weight is 140 g/mol. The van der Waals surface area contributed by atoms with Crippen molar-refractivity contribution in [2.75, 3.05) is 6.61 Å². The molecule has 0 aromatic carbocycles. The van der Waals surface area contributed by atoms with Crippen molar-refractivity contribution in [3.63, 3.8) is 0 Å². The minimum atomic E-state index is -0.159. The first-order chi connectivity index (χ1) is 4.86. The number of rotatable bonds is 2. The van der Waals surface area contributed by atoms with Crippen LogP contribution < -0.4 is 0 Å². The molecule has 10 heavy (non-hydrogen) atoms. The minimum absolute atomic E-state index is 0.0706. The Morgan fingerprint density at radius 2 is 2.40 bits per heavy atom. The first-order valence-corrected chi connectivity index (χ1v) is 3.39. The summed E-state index contributed by atoms with van der Waals surface area (Å²) < 4.78 is 10.5. The molecule has 0 amide bonds. The second-order valence-electron chi connectivity index (χ2n) is 2.14. The highest BCUT2D eigenvalue weighted by Crippen LogP contribution is 2.12. The summed E-state index contributed by atoms with van der Waals surface area (Å²) >= 11 is 0. The molecule has 2 heteroatoms. The number of allylic oxidation sites excluding steroid dienone is 1. The lowest BCUT2D eigenvalue weighted by atomic mass is 10.4. The summed E-state index contributed by atoms with van der Waals surface area (Å²) in [6.07, 6.45) is 5.46. The van der Waals surface area contributed by atoms with E-state index in [9.17, 15) is 0 Å². The van der Waals surface area contributed by atoms with Crippen molar-refractivity contribution in [3.05, 3.63) is 24.8 Å². The van der Waals surface area contributed by atoms with Gasteiger partial charge in [-0.05, 0) is 13.0 Å². The third kappa shape index (κ3) is 1.69. The molecule has 1 heterocycles. The van der Waals surface area contributed by atoms with Crippen LogP contribution in [0.1, 0.15) is 6.92 Å². The van der Waals surface area contributed by atoms with Crippen LogP contribution in [0, 0.1) is 0 Å². The molecule has 0 aliphatic carbocycles. The van der Waals surface area contributed by atoms with Gasteiger partial charge in [0, 0.05) is 0 Å². The molecule has 1 aliphatic rings. The topological polar surface area (TPSA) is 18.5 Å². The van der Waals surface area contributed by atoms with Crippen LogP contribution in [0.3, 0.4) is 0 Å². The average Bonchev–Trinajstić information content (AvgIpc) is 2.37. The Kier molecular flexibility index (Phi) is 2.66. The Hall–Kier alpha value is -0.600. The predicted molar refractivity (Wildman–Crippen MR) is 39.6 cm³/mol. The molecule has 2 nitrogen and oxygen atoms in total. The molecule has 0 bridgehead atoms. The number of hydrogen-bond donors (Lipinski definition) is 0. The summed E-state index contributed by atoms with van der Waals surface area (Å²) in [5.74, 6) is 0. The highest BCUT2D eigenvalue weighted by molar-refractivity contribution is 4.90. The van der Waals surface area contributed by atoms with E-state index < -0.39 is 0 Å². The molecular formula is C8H12O2. The molecule has 0 aromatic heterocycles. The SMILES string of the molecule is C=CC1COC(/C=C/C)O1. The third-order valence-electron chi connectivity index (χ3n) is 1.35. The lowest BCUT2D eigenvalue weighted by Gasteiger charge is -2.02. The van der Waals surface area contributed by atoms with Crippen LogP contribution in [0.15, 0.2) is 24.8 Å². The quantitative estimate of drug-likeness (QED) is 0.541. The fourth-order valence-corrected chi connectivity index (χ4v) is 0.822. The fourth-order valence-electron chi connectivity index (χ4n) is 0.822. The second-order valence-corrected chi connectivity index (χ2v) is 2.14. The van der Waals surface area contributed by atoms with E-state index in [1.807, 2.05) is 19.1 Å². The van der Waals surface area contributed by atoms with E-state index in [0.29, 0.717) is 6.61 Å². The van der Waals surface area contributed by atoms with E-state index >= 15 is 0 Å². The molecule has 2 unspecified atom stereocenters. The van der Waals surface area contributed by atoms with E-state index in [1.165, 1.54) is 0 Å². The monoisotopic (exact) mass is 140 g/mol. The summed E-state index contributed by atoms with van der Waals surface area (Å²) in [5.41, 5.74) is 0. The maximum atomic E-state index is 5.32. The van der Waals surface area contributed by atoms with Gasteiger partial charge in [-0.25, -0.2) is 0 Å². The van der Waals surface area contributed by atoms with Gasteiger partial charge in [0.25, 0.3) is 0 Å². The van der Waals surface area contributed by atoms with Gasteiger partial charge >= 0.3 is 0 Å². The van der Waals surface area contributed by atoms with Crippen LogP contribution in [-0.2, 0) is 9.47 Å². The molecular weight excluding hydrogens is 128 g/mol.